The quantitative estimate of drug-likeness (QED) is 0.553. The zero-order valence-electron chi connectivity index (χ0n) is 18.0. The number of anilines is 1. The first-order valence-corrected chi connectivity index (χ1v) is 11.8. The van der Waals surface area contributed by atoms with Crippen LogP contribution in [0.5, 0.6) is 0 Å². The fourth-order valence-corrected chi connectivity index (χ4v) is 5.01. The Bertz CT molecular complexity index is 1040. The summed E-state index contributed by atoms with van der Waals surface area (Å²) < 4.78 is 7.70. The number of amides is 1. The van der Waals surface area contributed by atoms with Crippen molar-refractivity contribution >= 4 is 23.5 Å². The predicted octanol–water partition coefficient (Wildman–Crippen LogP) is 4.79. The largest absolute Gasteiger partial charge is 0.379 e. The number of ether oxygens (including phenoxy) is 1. The number of nitrogens with one attached hydrogen (secondary N) is 1. The molecule has 0 radical (unpaired) electrons. The van der Waals surface area contributed by atoms with Crippen molar-refractivity contribution in [3.8, 4) is 0 Å². The maximum atomic E-state index is 12.7. The van der Waals surface area contributed by atoms with Crippen molar-refractivity contribution in [1.29, 1.82) is 0 Å². The molecule has 0 unspecified atom stereocenters. The SMILES string of the molecule is O=C(Nc1ccc(SN2CCOCC2)cc1)c1ccc(CN2Cc3ccccc3C2)cc1. The lowest BCUT2D eigenvalue weighted by molar-refractivity contribution is 0.0773. The molecule has 0 spiro atoms. The van der Waals surface area contributed by atoms with Gasteiger partial charge >= 0.3 is 0 Å². The summed E-state index contributed by atoms with van der Waals surface area (Å²) in [5.41, 5.74) is 5.53. The molecule has 164 valence electrons. The lowest BCUT2D eigenvalue weighted by Crippen LogP contribution is -2.30. The van der Waals surface area contributed by atoms with Crippen LogP contribution in [0.2, 0.25) is 0 Å². The summed E-state index contributed by atoms with van der Waals surface area (Å²) in [6, 6.07) is 24.6. The molecule has 1 saturated heterocycles. The van der Waals surface area contributed by atoms with Crippen LogP contribution in [0.15, 0.2) is 77.7 Å². The first-order valence-electron chi connectivity index (χ1n) is 11.0. The number of carbonyl (C=O) groups excluding carboxylic acids is 1. The van der Waals surface area contributed by atoms with E-state index in [1.54, 1.807) is 11.9 Å². The summed E-state index contributed by atoms with van der Waals surface area (Å²) in [4.78, 5) is 16.3. The zero-order valence-corrected chi connectivity index (χ0v) is 18.8. The van der Waals surface area contributed by atoms with Crippen molar-refractivity contribution < 1.29 is 9.53 Å². The average Bonchev–Trinajstić information content (AvgIpc) is 3.24. The van der Waals surface area contributed by atoms with Crippen molar-refractivity contribution in [3.63, 3.8) is 0 Å². The topological polar surface area (TPSA) is 44.8 Å². The number of fused-ring (bicyclic) bond motifs is 1. The van der Waals surface area contributed by atoms with Gasteiger partial charge in [-0.15, -0.1) is 0 Å². The third-order valence-corrected chi connectivity index (χ3v) is 6.95. The summed E-state index contributed by atoms with van der Waals surface area (Å²) in [5, 5.41) is 3.00. The molecule has 0 saturated carbocycles. The molecule has 2 heterocycles. The van der Waals surface area contributed by atoms with Crippen LogP contribution in [0.1, 0.15) is 27.0 Å². The summed E-state index contributed by atoms with van der Waals surface area (Å²) >= 11 is 1.74. The van der Waals surface area contributed by atoms with E-state index in [0.717, 1.165) is 51.6 Å². The molecule has 0 bridgehead atoms. The van der Waals surface area contributed by atoms with Gasteiger partial charge in [0.15, 0.2) is 0 Å². The van der Waals surface area contributed by atoms with E-state index in [-0.39, 0.29) is 5.91 Å². The van der Waals surface area contributed by atoms with Crippen LogP contribution in [-0.4, -0.2) is 41.4 Å². The Morgan fingerprint density at radius 2 is 1.53 bits per heavy atom. The van der Waals surface area contributed by atoms with Gasteiger partial charge in [0.1, 0.15) is 0 Å². The van der Waals surface area contributed by atoms with Crippen molar-refractivity contribution in [1.82, 2.24) is 9.21 Å². The molecule has 2 aliphatic heterocycles. The highest BCUT2D eigenvalue weighted by molar-refractivity contribution is 7.97. The minimum atomic E-state index is -0.0845. The minimum absolute atomic E-state index is 0.0845. The summed E-state index contributed by atoms with van der Waals surface area (Å²) in [5.74, 6) is -0.0845. The first kappa shape index (κ1) is 21.2. The van der Waals surface area contributed by atoms with E-state index >= 15 is 0 Å². The van der Waals surface area contributed by atoms with E-state index < -0.39 is 0 Å². The number of morpholine rings is 1. The Morgan fingerprint density at radius 1 is 0.875 bits per heavy atom. The van der Waals surface area contributed by atoms with Gasteiger partial charge in [0.05, 0.1) is 13.2 Å². The molecule has 1 amide bonds. The van der Waals surface area contributed by atoms with E-state index in [1.165, 1.54) is 21.6 Å². The Hall–Kier alpha value is -2.64. The van der Waals surface area contributed by atoms with Gasteiger partial charge in [-0.2, -0.15) is 0 Å². The zero-order chi connectivity index (χ0) is 21.8. The third kappa shape index (κ3) is 5.22. The lowest BCUT2D eigenvalue weighted by Gasteiger charge is -2.25. The first-order chi connectivity index (χ1) is 15.7. The third-order valence-electron chi connectivity index (χ3n) is 5.85. The van der Waals surface area contributed by atoms with Gasteiger partial charge in [0.2, 0.25) is 0 Å². The smallest absolute Gasteiger partial charge is 0.255 e. The molecular formula is C26H27N3O2S. The predicted molar refractivity (Wildman–Crippen MR) is 128 cm³/mol. The number of nitrogens with zero attached hydrogens (tertiary/aromatic N) is 2. The molecule has 3 aromatic carbocycles. The number of hydrogen-bond donors (Lipinski definition) is 1. The summed E-state index contributed by atoms with van der Waals surface area (Å²) in [6.07, 6.45) is 0. The normalized spacial score (nSPS) is 16.6. The second kappa shape index (κ2) is 9.88. The molecule has 5 nitrogen and oxygen atoms in total. The minimum Gasteiger partial charge on any atom is -0.379 e. The maximum Gasteiger partial charge on any atom is 0.255 e. The van der Waals surface area contributed by atoms with Crippen LogP contribution >= 0.6 is 11.9 Å². The van der Waals surface area contributed by atoms with Gasteiger partial charge in [-0.25, -0.2) is 4.31 Å². The van der Waals surface area contributed by atoms with E-state index in [4.69, 9.17) is 4.74 Å². The average molecular weight is 446 g/mol. The Kier molecular flexibility index (Phi) is 6.55. The van der Waals surface area contributed by atoms with Crippen molar-refractivity contribution in [2.45, 2.75) is 24.5 Å². The van der Waals surface area contributed by atoms with Gasteiger partial charge in [-0.1, -0.05) is 36.4 Å². The van der Waals surface area contributed by atoms with Crippen LogP contribution in [0.4, 0.5) is 5.69 Å². The van der Waals surface area contributed by atoms with Crippen LogP contribution < -0.4 is 5.32 Å². The second-order valence-corrected chi connectivity index (χ2v) is 9.39. The Morgan fingerprint density at radius 3 is 2.19 bits per heavy atom. The number of hydrogen-bond acceptors (Lipinski definition) is 5. The molecule has 5 rings (SSSR count). The van der Waals surface area contributed by atoms with E-state index in [1.807, 2.05) is 36.4 Å². The van der Waals surface area contributed by atoms with Crippen LogP contribution in [-0.2, 0) is 24.4 Å². The molecular weight excluding hydrogens is 418 g/mol. The fourth-order valence-electron chi connectivity index (χ4n) is 4.12. The summed E-state index contributed by atoms with van der Waals surface area (Å²) in [6.45, 7) is 6.29. The maximum absolute atomic E-state index is 12.7. The molecule has 0 aromatic heterocycles. The molecule has 32 heavy (non-hydrogen) atoms. The lowest BCUT2D eigenvalue weighted by atomic mass is 10.1. The fraction of sp³-hybridized carbons (Fsp3) is 0.269. The van der Waals surface area contributed by atoms with Gasteiger partial charge < -0.3 is 10.1 Å². The van der Waals surface area contributed by atoms with Gasteiger partial charge in [-0.05, 0) is 65.0 Å². The van der Waals surface area contributed by atoms with Crippen LogP contribution in [0, 0.1) is 0 Å². The van der Waals surface area contributed by atoms with Gasteiger partial charge in [-0.3, -0.25) is 9.69 Å². The van der Waals surface area contributed by atoms with Crippen molar-refractivity contribution in [2.24, 2.45) is 0 Å². The molecule has 0 aliphatic carbocycles. The Labute approximate surface area is 193 Å². The molecule has 1 fully saturated rings. The Balaban J connectivity index is 1.14. The molecule has 6 heteroatoms. The highest BCUT2D eigenvalue weighted by Gasteiger charge is 2.18. The van der Waals surface area contributed by atoms with E-state index in [0.29, 0.717) is 5.56 Å². The van der Waals surface area contributed by atoms with Crippen LogP contribution in [0.3, 0.4) is 0 Å². The van der Waals surface area contributed by atoms with E-state index in [9.17, 15) is 4.79 Å². The highest BCUT2D eigenvalue weighted by atomic mass is 32.2. The number of rotatable bonds is 6. The standard InChI is InChI=1S/C26H27N3O2S/c30-26(27-24-9-11-25(12-10-24)32-29-13-15-31-16-14-29)21-7-5-20(6-8-21)17-28-18-22-3-1-2-4-23(22)19-28/h1-12H,13-19H2,(H,27,30). The monoisotopic (exact) mass is 445 g/mol. The molecule has 2 aliphatic rings. The van der Waals surface area contributed by atoms with Crippen LogP contribution in [0.25, 0.3) is 0 Å². The van der Waals surface area contributed by atoms with E-state index in [2.05, 4.69) is 50.9 Å². The number of benzene rings is 3. The molecule has 3 aromatic rings. The van der Waals surface area contributed by atoms with Gasteiger partial charge in [0, 0.05) is 48.9 Å². The molecule has 1 N–H and O–H groups in total. The summed E-state index contributed by atoms with van der Waals surface area (Å²) in [7, 11) is 0. The molecule has 0 atom stereocenters. The second-order valence-electron chi connectivity index (χ2n) is 8.22. The number of carbonyl (C=O) groups is 1. The van der Waals surface area contributed by atoms with Crippen molar-refractivity contribution in [3.05, 3.63) is 95.1 Å². The van der Waals surface area contributed by atoms with Crippen molar-refractivity contribution in [2.75, 3.05) is 31.6 Å². The van der Waals surface area contributed by atoms with Gasteiger partial charge in [0.25, 0.3) is 5.91 Å². The highest BCUT2D eigenvalue weighted by Crippen LogP contribution is 2.26.